The van der Waals surface area contributed by atoms with Crippen LogP contribution in [0.25, 0.3) is 11.1 Å². The van der Waals surface area contributed by atoms with Gasteiger partial charge in [0.1, 0.15) is 0 Å². The van der Waals surface area contributed by atoms with Crippen LogP contribution in [0.3, 0.4) is 0 Å². The molecule has 230 valence electrons. The van der Waals surface area contributed by atoms with Gasteiger partial charge in [0.25, 0.3) is 0 Å². The standard InChI is InChI=1S/C33H48N2O4.2ClH/c1-32(2,15-9-17-34(5)6)20-27-25(31(38)39)14-13-24-23-12-11-22(30(36)37)19-26(23)28(29(24)27)21-33(3,4)16-10-18-35(7)8;;/h11-14,19,28H,9-10,15-18,20-21H2,1-8H3,(H,36,37)(H,38,39);2*1H. The van der Waals surface area contributed by atoms with Crippen molar-refractivity contribution in [2.75, 3.05) is 41.3 Å². The Morgan fingerprint density at radius 2 is 1.32 bits per heavy atom. The fourth-order valence-corrected chi connectivity index (χ4v) is 6.25. The van der Waals surface area contributed by atoms with E-state index >= 15 is 0 Å². The van der Waals surface area contributed by atoms with E-state index in [2.05, 4.69) is 65.7 Å². The number of hydrogen-bond donors (Lipinski definition) is 2. The molecular weight excluding hydrogens is 559 g/mol. The van der Waals surface area contributed by atoms with E-state index in [-0.39, 0.29) is 47.1 Å². The van der Waals surface area contributed by atoms with E-state index in [1.54, 1.807) is 12.1 Å². The molecule has 1 aliphatic carbocycles. The van der Waals surface area contributed by atoms with Crippen molar-refractivity contribution in [2.45, 2.75) is 72.1 Å². The van der Waals surface area contributed by atoms with Crippen LogP contribution in [-0.2, 0) is 6.42 Å². The molecule has 0 radical (unpaired) electrons. The van der Waals surface area contributed by atoms with Crippen molar-refractivity contribution in [1.82, 2.24) is 9.80 Å². The van der Waals surface area contributed by atoms with Gasteiger partial charge in [-0.15, -0.1) is 24.8 Å². The predicted octanol–water partition coefficient (Wildman–Crippen LogP) is 7.71. The second kappa shape index (κ2) is 14.9. The van der Waals surface area contributed by atoms with Gasteiger partial charge in [0, 0.05) is 5.92 Å². The molecule has 8 heteroatoms. The molecule has 0 bridgehead atoms. The molecule has 0 saturated heterocycles. The average molecular weight is 610 g/mol. The van der Waals surface area contributed by atoms with Crippen molar-refractivity contribution in [3.8, 4) is 11.1 Å². The molecule has 0 aliphatic heterocycles. The first-order valence-corrected chi connectivity index (χ1v) is 14.2. The van der Waals surface area contributed by atoms with Gasteiger partial charge in [-0.25, -0.2) is 9.59 Å². The van der Waals surface area contributed by atoms with E-state index < -0.39 is 11.9 Å². The molecule has 3 rings (SSSR count). The third-order valence-corrected chi connectivity index (χ3v) is 8.23. The Bertz CT molecular complexity index is 1210. The maximum Gasteiger partial charge on any atom is 0.335 e. The van der Waals surface area contributed by atoms with Gasteiger partial charge in [0.05, 0.1) is 11.1 Å². The molecule has 2 aromatic rings. The van der Waals surface area contributed by atoms with E-state index in [1.165, 1.54) is 0 Å². The van der Waals surface area contributed by atoms with Crippen molar-refractivity contribution >= 4 is 36.8 Å². The largest absolute Gasteiger partial charge is 0.478 e. The lowest BCUT2D eigenvalue weighted by molar-refractivity contribution is 0.0685. The molecule has 0 aromatic heterocycles. The van der Waals surface area contributed by atoms with Crippen LogP contribution in [0.15, 0.2) is 30.3 Å². The van der Waals surface area contributed by atoms with Crippen LogP contribution in [-0.4, -0.2) is 73.2 Å². The van der Waals surface area contributed by atoms with Gasteiger partial charge in [-0.3, -0.25) is 0 Å². The lowest BCUT2D eigenvalue weighted by atomic mass is 9.72. The first-order chi connectivity index (χ1) is 18.1. The van der Waals surface area contributed by atoms with Crippen LogP contribution in [0.4, 0.5) is 0 Å². The van der Waals surface area contributed by atoms with Crippen LogP contribution in [0.2, 0.25) is 0 Å². The smallest absolute Gasteiger partial charge is 0.335 e. The molecule has 1 aliphatic rings. The lowest BCUT2D eigenvalue weighted by Gasteiger charge is -2.32. The van der Waals surface area contributed by atoms with E-state index in [4.69, 9.17) is 0 Å². The Kier molecular flexibility index (Phi) is 13.4. The summed E-state index contributed by atoms with van der Waals surface area (Å²) in [6.45, 7) is 11.0. The lowest BCUT2D eigenvalue weighted by Crippen LogP contribution is -2.23. The van der Waals surface area contributed by atoms with Gasteiger partial charge in [0.2, 0.25) is 0 Å². The molecule has 0 saturated carbocycles. The summed E-state index contributed by atoms with van der Waals surface area (Å²) in [5, 5.41) is 20.1. The molecule has 0 heterocycles. The number of carboxylic acid groups (broad SMARTS) is 2. The van der Waals surface area contributed by atoms with E-state index in [9.17, 15) is 19.8 Å². The number of rotatable bonds is 14. The quantitative estimate of drug-likeness (QED) is 0.228. The van der Waals surface area contributed by atoms with Gasteiger partial charge in [-0.05, 0) is 137 Å². The van der Waals surface area contributed by atoms with Gasteiger partial charge < -0.3 is 20.0 Å². The highest BCUT2D eigenvalue weighted by atomic mass is 35.5. The van der Waals surface area contributed by atoms with E-state index in [0.29, 0.717) is 12.0 Å². The van der Waals surface area contributed by atoms with Gasteiger partial charge in [0.15, 0.2) is 0 Å². The van der Waals surface area contributed by atoms with E-state index in [0.717, 1.165) is 73.0 Å². The Morgan fingerprint density at radius 1 is 0.780 bits per heavy atom. The zero-order valence-electron chi connectivity index (χ0n) is 26.0. The Morgan fingerprint density at radius 3 is 1.83 bits per heavy atom. The van der Waals surface area contributed by atoms with Crippen LogP contribution < -0.4 is 0 Å². The SMILES string of the molecule is CN(C)CCCC(C)(C)Cc1c(C(=O)O)ccc2c1C(CC(C)(C)CCCN(C)C)c1cc(C(=O)O)ccc1-2.Cl.Cl. The summed E-state index contributed by atoms with van der Waals surface area (Å²) >= 11 is 0. The molecule has 2 N–H and O–H groups in total. The molecule has 2 aromatic carbocycles. The van der Waals surface area contributed by atoms with Crippen molar-refractivity contribution < 1.29 is 19.8 Å². The molecule has 1 atom stereocenters. The highest BCUT2D eigenvalue weighted by molar-refractivity contribution is 5.94. The summed E-state index contributed by atoms with van der Waals surface area (Å²) in [7, 11) is 8.33. The maximum atomic E-state index is 12.5. The number of carbonyl (C=O) groups is 2. The van der Waals surface area contributed by atoms with Crippen molar-refractivity contribution in [3.05, 3.63) is 58.1 Å². The molecule has 0 amide bonds. The topological polar surface area (TPSA) is 81.1 Å². The number of benzene rings is 2. The number of halogens is 2. The fourth-order valence-electron chi connectivity index (χ4n) is 6.25. The minimum absolute atomic E-state index is 0. The van der Waals surface area contributed by atoms with Crippen molar-refractivity contribution in [2.24, 2.45) is 10.8 Å². The molecule has 6 nitrogen and oxygen atoms in total. The van der Waals surface area contributed by atoms with Crippen LogP contribution >= 0.6 is 24.8 Å². The number of carboxylic acids is 2. The summed E-state index contributed by atoms with van der Waals surface area (Å²) in [6, 6.07) is 9.12. The van der Waals surface area contributed by atoms with Crippen molar-refractivity contribution in [3.63, 3.8) is 0 Å². The summed E-state index contributed by atoms with van der Waals surface area (Å²) in [4.78, 5) is 28.9. The highest BCUT2D eigenvalue weighted by Gasteiger charge is 2.38. The van der Waals surface area contributed by atoms with Crippen LogP contribution in [0, 0.1) is 10.8 Å². The third-order valence-electron chi connectivity index (χ3n) is 8.23. The first kappa shape index (κ1) is 36.9. The highest BCUT2D eigenvalue weighted by Crippen LogP contribution is 2.53. The van der Waals surface area contributed by atoms with Crippen LogP contribution in [0.5, 0.6) is 0 Å². The fraction of sp³-hybridized carbons (Fsp3) is 0.576. The minimum atomic E-state index is -0.939. The molecule has 41 heavy (non-hydrogen) atoms. The number of aromatic carboxylic acids is 2. The second-order valence-electron chi connectivity index (χ2n) is 13.5. The predicted molar refractivity (Wildman–Crippen MR) is 174 cm³/mol. The number of fused-ring (bicyclic) bond motifs is 3. The molecule has 0 spiro atoms. The monoisotopic (exact) mass is 608 g/mol. The number of hydrogen-bond acceptors (Lipinski definition) is 4. The summed E-state index contributed by atoms with van der Waals surface area (Å²) < 4.78 is 0. The molecule has 1 unspecified atom stereocenters. The minimum Gasteiger partial charge on any atom is -0.478 e. The van der Waals surface area contributed by atoms with Gasteiger partial charge in [-0.1, -0.05) is 39.8 Å². The average Bonchev–Trinajstić information content (AvgIpc) is 3.10. The molecular formula is C33H50Cl2N2O4. The first-order valence-electron chi connectivity index (χ1n) is 14.2. The van der Waals surface area contributed by atoms with E-state index in [1.807, 2.05) is 18.2 Å². The third kappa shape index (κ3) is 9.44. The molecule has 0 fully saturated rings. The van der Waals surface area contributed by atoms with Gasteiger partial charge >= 0.3 is 11.9 Å². The Labute approximate surface area is 259 Å². The van der Waals surface area contributed by atoms with Crippen LogP contribution in [0.1, 0.15) is 103 Å². The second-order valence-corrected chi connectivity index (χ2v) is 13.5. The summed E-state index contributed by atoms with van der Waals surface area (Å²) in [6.07, 6.45) is 5.65. The Balaban J connectivity index is 0.00000420. The zero-order valence-corrected chi connectivity index (χ0v) is 27.7. The maximum absolute atomic E-state index is 12.5. The zero-order chi connectivity index (χ0) is 29.1. The summed E-state index contributed by atoms with van der Waals surface area (Å²) in [5.41, 5.74) is 5.68. The number of nitrogens with zero attached hydrogens (tertiary/aromatic N) is 2. The normalized spacial score (nSPS) is 14.3. The Hall–Kier alpha value is -2.12. The summed E-state index contributed by atoms with van der Waals surface area (Å²) in [5.74, 6) is -1.88. The van der Waals surface area contributed by atoms with Gasteiger partial charge in [-0.2, -0.15) is 0 Å². The van der Waals surface area contributed by atoms with Crippen molar-refractivity contribution in [1.29, 1.82) is 0 Å².